The normalized spacial score (nSPS) is 11.7. The van der Waals surface area contributed by atoms with Gasteiger partial charge < -0.3 is 24.4 Å². The van der Waals surface area contributed by atoms with Crippen LogP contribution >= 0.6 is 11.6 Å². The zero-order valence-electron chi connectivity index (χ0n) is 19.0. The van der Waals surface area contributed by atoms with E-state index in [0.717, 1.165) is 5.56 Å². The Balaban J connectivity index is 2.14. The van der Waals surface area contributed by atoms with Crippen molar-refractivity contribution >= 4 is 29.5 Å². The van der Waals surface area contributed by atoms with Gasteiger partial charge in [-0.1, -0.05) is 36.7 Å². The fourth-order valence-electron chi connectivity index (χ4n) is 2.99. The van der Waals surface area contributed by atoms with Crippen molar-refractivity contribution in [3.05, 3.63) is 58.6 Å². The summed E-state index contributed by atoms with van der Waals surface area (Å²) in [5.74, 6) is 1.05. The van der Waals surface area contributed by atoms with E-state index in [1.165, 1.54) is 25.2 Å². The molecule has 8 heteroatoms. The summed E-state index contributed by atoms with van der Waals surface area (Å²) in [5.41, 5.74) is 1.50. The summed E-state index contributed by atoms with van der Waals surface area (Å²) in [7, 11) is 6.37. The molecule has 172 valence electrons. The van der Waals surface area contributed by atoms with Gasteiger partial charge in [0.1, 0.15) is 5.75 Å². The third kappa shape index (κ3) is 6.65. The Hall–Kier alpha value is -3.19. The lowest BCUT2D eigenvalue weighted by atomic mass is 10.0. The van der Waals surface area contributed by atoms with Crippen LogP contribution in [0, 0.1) is 0 Å². The summed E-state index contributed by atoms with van der Waals surface area (Å²) in [6.07, 6.45) is 3.72. The first-order valence-electron chi connectivity index (χ1n) is 10.1. The van der Waals surface area contributed by atoms with Gasteiger partial charge in [-0.25, -0.2) is 0 Å². The van der Waals surface area contributed by atoms with Crippen LogP contribution in [-0.2, 0) is 9.59 Å². The molecule has 7 nitrogen and oxygen atoms in total. The van der Waals surface area contributed by atoms with Gasteiger partial charge in [0, 0.05) is 25.7 Å². The number of amides is 2. The van der Waals surface area contributed by atoms with Gasteiger partial charge in [0.05, 0.1) is 25.3 Å². The van der Waals surface area contributed by atoms with E-state index < -0.39 is 0 Å². The summed E-state index contributed by atoms with van der Waals surface area (Å²) in [4.78, 5) is 25.9. The molecule has 2 rings (SSSR count). The van der Waals surface area contributed by atoms with Gasteiger partial charge in [-0.2, -0.15) is 0 Å². The van der Waals surface area contributed by atoms with Crippen LogP contribution in [-0.4, -0.2) is 51.6 Å². The minimum atomic E-state index is -0.285. The first-order chi connectivity index (χ1) is 15.3. The zero-order chi connectivity index (χ0) is 23.7. The number of hydrogen-bond acceptors (Lipinski definition) is 5. The van der Waals surface area contributed by atoms with E-state index >= 15 is 0 Å². The van der Waals surface area contributed by atoms with Crippen LogP contribution in [0.4, 0.5) is 0 Å². The molecule has 0 aromatic heterocycles. The Morgan fingerprint density at radius 1 is 1.12 bits per heavy atom. The average molecular weight is 461 g/mol. The van der Waals surface area contributed by atoms with Crippen LogP contribution in [0.15, 0.2) is 42.5 Å². The third-order valence-corrected chi connectivity index (χ3v) is 5.03. The highest BCUT2D eigenvalue weighted by Crippen LogP contribution is 2.36. The van der Waals surface area contributed by atoms with Gasteiger partial charge in [0.2, 0.25) is 5.91 Å². The van der Waals surface area contributed by atoms with Crippen LogP contribution in [0.5, 0.6) is 17.2 Å². The monoisotopic (exact) mass is 460 g/mol. The summed E-state index contributed by atoms with van der Waals surface area (Å²) in [6.45, 7) is 1.89. The molecule has 32 heavy (non-hydrogen) atoms. The van der Waals surface area contributed by atoms with Gasteiger partial charge in [-0.05, 0) is 36.3 Å². The maximum Gasteiger partial charge on any atom is 0.259 e. The van der Waals surface area contributed by atoms with E-state index in [1.54, 1.807) is 38.4 Å². The molecule has 0 heterocycles. The van der Waals surface area contributed by atoms with Crippen molar-refractivity contribution in [3.63, 3.8) is 0 Å². The number of ether oxygens (including phenoxy) is 3. The van der Waals surface area contributed by atoms with E-state index in [1.807, 2.05) is 25.1 Å². The van der Waals surface area contributed by atoms with Crippen LogP contribution < -0.4 is 19.5 Å². The Morgan fingerprint density at radius 3 is 2.47 bits per heavy atom. The quantitative estimate of drug-likeness (QED) is 0.540. The molecule has 0 aliphatic rings. The lowest BCUT2D eigenvalue weighted by molar-refractivity contribution is -0.130. The molecule has 0 aliphatic carbocycles. The van der Waals surface area contributed by atoms with Crippen molar-refractivity contribution in [3.8, 4) is 17.2 Å². The number of rotatable bonds is 10. The number of carbonyl (C=O) groups is 2. The Morgan fingerprint density at radius 2 is 1.84 bits per heavy atom. The number of hydrogen-bond donors (Lipinski definition) is 1. The van der Waals surface area contributed by atoms with E-state index in [4.69, 9.17) is 25.8 Å². The minimum absolute atomic E-state index is 0.0750. The van der Waals surface area contributed by atoms with E-state index in [2.05, 4.69) is 5.32 Å². The molecule has 0 saturated heterocycles. The molecule has 1 atom stereocenters. The molecular weight excluding hydrogens is 432 g/mol. The molecule has 0 radical (unpaired) electrons. The van der Waals surface area contributed by atoms with Crippen molar-refractivity contribution in [1.82, 2.24) is 10.2 Å². The molecule has 0 fully saturated rings. The SMILES string of the molecule is CCC(NC(=O)C=Cc1cc(Cl)c(OC)c(OC)c1)c1ccccc1OCC(=O)N(C)C. The first-order valence-corrected chi connectivity index (χ1v) is 10.5. The standard InChI is InChI=1S/C24H29ClN2O5/c1-6-19(17-9-7-8-10-20(17)32-15-23(29)27(2)3)26-22(28)12-11-16-13-18(25)24(31-5)21(14-16)30-4/h7-14,19H,6,15H2,1-5H3,(H,26,28). The number of likely N-dealkylation sites (N-methyl/N-ethyl adjacent to an activating group) is 1. The van der Waals surface area contributed by atoms with E-state index in [9.17, 15) is 9.59 Å². The maximum absolute atomic E-state index is 12.6. The van der Waals surface area contributed by atoms with E-state index in [0.29, 0.717) is 34.3 Å². The molecule has 0 spiro atoms. The predicted octanol–water partition coefficient (Wildman–Crippen LogP) is 4.10. The molecule has 1 N–H and O–H groups in total. The Bertz CT molecular complexity index is 975. The van der Waals surface area contributed by atoms with Gasteiger partial charge in [0.15, 0.2) is 18.1 Å². The average Bonchev–Trinajstić information content (AvgIpc) is 2.79. The molecule has 0 saturated carbocycles. The first kappa shape index (κ1) is 25.1. The van der Waals surface area contributed by atoms with E-state index in [-0.39, 0.29) is 24.5 Å². The second kappa shape index (κ2) is 12.0. The molecule has 0 aliphatic heterocycles. The number of nitrogens with one attached hydrogen (secondary N) is 1. The fraction of sp³-hybridized carbons (Fsp3) is 0.333. The molecule has 1 unspecified atom stereocenters. The summed E-state index contributed by atoms with van der Waals surface area (Å²) in [6, 6.07) is 10.5. The lowest BCUT2D eigenvalue weighted by Crippen LogP contribution is -2.29. The predicted molar refractivity (Wildman–Crippen MR) is 125 cm³/mol. The van der Waals surface area contributed by atoms with Gasteiger partial charge in [0.25, 0.3) is 5.91 Å². The largest absolute Gasteiger partial charge is 0.493 e. The van der Waals surface area contributed by atoms with Crippen LogP contribution in [0.1, 0.15) is 30.5 Å². The highest BCUT2D eigenvalue weighted by Gasteiger charge is 2.17. The van der Waals surface area contributed by atoms with Crippen LogP contribution in [0.25, 0.3) is 6.08 Å². The molecule has 2 amide bonds. The zero-order valence-corrected chi connectivity index (χ0v) is 19.7. The van der Waals surface area contributed by atoms with Crippen molar-refractivity contribution in [2.45, 2.75) is 19.4 Å². The molecule has 2 aromatic carbocycles. The molecule has 2 aromatic rings. The summed E-state index contributed by atoms with van der Waals surface area (Å²) in [5, 5.41) is 3.37. The topological polar surface area (TPSA) is 77.1 Å². The Labute approximate surface area is 193 Å². The van der Waals surface area contributed by atoms with Crippen molar-refractivity contribution < 1.29 is 23.8 Å². The number of halogens is 1. The highest BCUT2D eigenvalue weighted by atomic mass is 35.5. The molecule has 0 bridgehead atoms. The summed E-state index contributed by atoms with van der Waals surface area (Å²) >= 11 is 6.22. The smallest absolute Gasteiger partial charge is 0.259 e. The van der Waals surface area contributed by atoms with Crippen LogP contribution in [0.2, 0.25) is 5.02 Å². The number of nitrogens with zero attached hydrogens (tertiary/aromatic N) is 1. The second-order valence-corrected chi connectivity index (χ2v) is 7.56. The van der Waals surface area contributed by atoms with Gasteiger partial charge >= 0.3 is 0 Å². The van der Waals surface area contributed by atoms with Gasteiger partial charge in [-0.15, -0.1) is 0 Å². The minimum Gasteiger partial charge on any atom is -0.493 e. The lowest BCUT2D eigenvalue weighted by Gasteiger charge is -2.20. The fourth-order valence-corrected chi connectivity index (χ4v) is 3.29. The van der Waals surface area contributed by atoms with Crippen LogP contribution in [0.3, 0.4) is 0 Å². The number of methoxy groups -OCH3 is 2. The third-order valence-electron chi connectivity index (χ3n) is 4.75. The van der Waals surface area contributed by atoms with Crippen molar-refractivity contribution in [1.29, 1.82) is 0 Å². The maximum atomic E-state index is 12.6. The number of benzene rings is 2. The summed E-state index contributed by atoms with van der Waals surface area (Å²) < 4.78 is 16.2. The number of para-hydroxylation sites is 1. The number of carbonyl (C=O) groups excluding carboxylic acids is 2. The Kier molecular flexibility index (Phi) is 9.40. The molecular formula is C24H29ClN2O5. The highest BCUT2D eigenvalue weighted by molar-refractivity contribution is 6.32. The van der Waals surface area contributed by atoms with Crippen molar-refractivity contribution in [2.75, 3.05) is 34.9 Å². The van der Waals surface area contributed by atoms with Gasteiger partial charge in [-0.3, -0.25) is 9.59 Å². The van der Waals surface area contributed by atoms with Crippen molar-refractivity contribution in [2.24, 2.45) is 0 Å². The second-order valence-electron chi connectivity index (χ2n) is 7.16.